The predicted octanol–water partition coefficient (Wildman–Crippen LogP) is 4.54. The number of hydrogen-bond acceptors (Lipinski definition) is 2. The lowest BCUT2D eigenvalue weighted by Crippen LogP contribution is -2.31. The van der Waals surface area contributed by atoms with Crippen molar-refractivity contribution in [1.29, 1.82) is 0 Å². The van der Waals surface area contributed by atoms with E-state index in [-0.39, 0.29) is 11.9 Å². The summed E-state index contributed by atoms with van der Waals surface area (Å²) in [5, 5.41) is 6.56. The van der Waals surface area contributed by atoms with Gasteiger partial charge in [-0.2, -0.15) is 0 Å². The second-order valence-electron chi connectivity index (χ2n) is 5.73. The number of amides is 1. The first kappa shape index (κ1) is 17.1. The molecule has 0 saturated heterocycles. The Morgan fingerprint density at radius 1 is 0.957 bits per heavy atom. The molecular formula is C20H26N2O. The minimum Gasteiger partial charge on any atom is -0.376 e. The van der Waals surface area contributed by atoms with Crippen molar-refractivity contribution in [3.8, 4) is 0 Å². The fraction of sp³-hybridized carbons (Fsp3) is 0.350. The Hall–Kier alpha value is -2.29. The van der Waals surface area contributed by atoms with Crippen molar-refractivity contribution < 1.29 is 4.79 Å². The van der Waals surface area contributed by atoms with Crippen LogP contribution in [0.1, 0.15) is 44.2 Å². The van der Waals surface area contributed by atoms with Crippen LogP contribution in [0.2, 0.25) is 0 Å². The highest BCUT2D eigenvalue weighted by molar-refractivity contribution is 5.75. The third-order valence-electron chi connectivity index (χ3n) is 3.83. The first-order valence-corrected chi connectivity index (χ1v) is 8.43. The number of unbranched alkanes of at least 4 members (excludes halogenated alkanes) is 2. The third kappa shape index (κ3) is 6.15. The van der Waals surface area contributed by atoms with Crippen LogP contribution in [0.4, 0.5) is 5.69 Å². The Balaban J connectivity index is 1.95. The molecule has 2 aromatic carbocycles. The second kappa shape index (κ2) is 9.67. The van der Waals surface area contributed by atoms with E-state index < -0.39 is 0 Å². The molecule has 3 heteroatoms. The zero-order valence-corrected chi connectivity index (χ0v) is 13.8. The summed E-state index contributed by atoms with van der Waals surface area (Å²) in [7, 11) is 0. The molecule has 0 radical (unpaired) electrons. The van der Waals surface area contributed by atoms with Crippen LogP contribution in [0, 0.1) is 0 Å². The molecule has 0 fully saturated rings. The Bertz CT molecular complexity index is 569. The topological polar surface area (TPSA) is 41.1 Å². The zero-order chi connectivity index (χ0) is 16.3. The summed E-state index contributed by atoms with van der Waals surface area (Å²) in [4.78, 5) is 12.0. The molecule has 1 atom stereocenters. The molecule has 0 saturated carbocycles. The van der Waals surface area contributed by atoms with Gasteiger partial charge in [0.1, 0.15) is 0 Å². The van der Waals surface area contributed by atoms with Crippen LogP contribution in [0.25, 0.3) is 0 Å². The van der Waals surface area contributed by atoms with Gasteiger partial charge in [-0.3, -0.25) is 4.79 Å². The molecule has 0 aromatic heterocycles. The molecule has 1 amide bonds. The van der Waals surface area contributed by atoms with Crippen molar-refractivity contribution in [2.45, 2.75) is 38.6 Å². The van der Waals surface area contributed by atoms with E-state index in [1.165, 1.54) is 5.56 Å². The van der Waals surface area contributed by atoms with Gasteiger partial charge in [0, 0.05) is 18.7 Å². The molecule has 1 unspecified atom stereocenters. The molecule has 2 N–H and O–H groups in total. The summed E-state index contributed by atoms with van der Waals surface area (Å²) >= 11 is 0. The molecule has 0 aliphatic carbocycles. The van der Waals surface area contributed by atoms with Gasteiger partial charge in [-0.1, -0.05) is 68.3 Å². The molecule has 0 spiro atoms. The molecule has 3 nitrogen and oxygen atoms in total. The standard InChI is InChI=1S/C20H26N2O/c1-2-3-6-15-20(23)21-16-19(17-11-7-4-8-12-17)22-18-13-9-5-10-14-18/h4-5,7-14,19,22H,2-3,6,15-16H2,1H3,(H,21,23). The fourth-order valence-corrected chi connectivity index (χ4v) is 2.51. The van der Waals surface area contributed by atoms with Crippen molar-refractivity contribution in [1.82, 2.24) is 5.32 Å². The van der Waals surface area contributed by atoms with Crippen LogP contribution >= 0.6 is 0 Å². The summed E-state index contributed by atoms with van der Waals surface area (Å²) in [6.45, 7) is 2.73. The van der Waals surface area contributed by atoms with E-state index in [4.69, 9.17) is 0 Å². The van der Waals surface area contributed by atoms with Crippen molar-refractivity contribution >= 4 is 11.6 Å². The van der Waals surface area contributed by atoms with Crippen molar-refractivity contribution in [3.05, 3.63) is 66.2 Å². The quantitative estimate of drug-likeness (QED) is 0.668. The van der Waals surface area contributed by atoms with Crippen LogP contribution in [0.5, 0.6) is 0 Å². The van der Waals surface area contributed by atoms with E-state index in [0.717, 1.165) is 24.9 Å². The smallest absolute Gasteiger partial charge is 0.220 e. The molecule has 0 bridgehead atoms. The van der Waals surface area contributed by atoms with Crippen molar-refractivity contribution in [2.24, 2.45) is 0 Å². The maximum absolute atomic E-state index is 12.0. The molecule has 0 aliphatic heterocycles. The van der Waals surface area contributed by atoms with Gasteiger partial charge in [-0.15, -0.1) is 0 Å². The van der Waals surface area contributed by atoms with Crippen LogP contribution in [0.3, 0.4) is 0 Å². The number of anilines is 1. The molecule has 0 heterocycles. The molecule has 2 aromatic rings. The van der Waals surface area contributed by atoms with Gasteiger partial charge in [0.05, 0.1) is 6.04 Å². The average Bonchev–Trinajstić information content (AvgIpc) is 2.60. The summed E-state index contributed by atoms with van der Waals surface area (Å²) in [5.41, 5.74) is 2.23. The van der Waals surface area contributed by atoms with Gasteiger partial charge in [-0.25, -0.2) is 0 Å². The fourth-order valence-electron chi connectivity index (χ4n) is 2.51. The lowest BCUT2D eigenvalue weighted by molar-refractivity contribution is -0.121. The highest BCUT2D eigenvalue weighted by Gasteiger charge is 2.12. The third-order valence-corrected chi connectivity index (χ3v) is 3.83. The largest absolute Gasteiger partial charge is 0.376 e. The van der Waals surface area contributed by atoms with Gasteiger partial charge in [0.2, 0.25) is 5.91 Å². The summed E-state index contributed by atoms with van der Waals surface area (Å²) < 4.78 is 0. The Morgan fingerprint density at radius 3 is 2.26 bits per heavy atom. The zero-order valence-electron chi connectivity index (χ0n) is 13.8. The summed E-state index contributed by atoms with van der Waals surface area (Å²) in [6, 6.07) is 20.4. The van der Waals surface area contributed by atoms with E-state index in [1.54, 1.807) is 0 Å². The Morgan fingerprint density at radius 2 is 1.61 bits per heavy atom. The summed E-state index contributed by atoms with van der Waals surface area (Å²) in [6.07, 6.45) is 3.82. The molecular weight excluding hydrogens is 284 g/mol. The SMILES string of the molecule is CCCCCC(=O)NCC(Nc1ccccc1)c1ccccc1. The van der Waals surface area contributed by atoms with Gasteiger partial charge < -0.3 is 10.6 Å². The molecule has 122 valence electrons. The Labute approximate surface area is 139 Å². The first-order valence-electron chi connectivity index (χ1n) is 8.43. The van der Waals surface area contributed by atoms with Crippen molar-refractivity contribution in [2.75, 3.05) is 11.9 Å². The van der Waals surface area contributed by atoms with Crippen molar-refractivity contribution in [3.63, 3.8) is 0 Å². The van der Waals surface area contributed by atoms with Crippen LogP contribution in [-0.2, 0) is 4.79 Å². The van der Waals surface area contributed by atoms with Gasteiger partial charge in [-0.05, 0) is 24.1 Å². The normalized spacial score (nSPS) is 11.7. The van der Waals surface area contributed by atoms with Gasteiger partial charge in [0.25, 0.3) is 0 Å². The van der Waals surface area contributed by atoms with E-state index >= 15 is 0 Å². The maximum atomic E-state index is 12.0. The highest BCUT2D eigenvalue weighted by Crippen LogP contribution is 2.18. The number of benzene rings is 2. The summed E-state index contributed by atoms with van der Waals surface area (Å²) in [5.74, 6) is 0.134. The average molecular weight is 310 g/mol. The number of para-hydroxylation sites is 1. The van der Waals surface area contributed by atoms with E-state index in [9.17, 15) is 4.79 Å². The monoisotopic (exact) mass is 310 g/mol. The molecule has 23 heavy (non-hydrogen) atoms. The highest BCUT2D eigenvalue weighted by atomic mass is 16.1. The number of carbonyl (C=O) groups excluding carboxylic acids is 1. The van der Waals surface area contributed by atoms with Gasteiger partial charge >= 0.3 is 0 Å². The maximum Gasteiger partial charge on any atom is 0.220 e. The van der Waals surface area contributed by atoms with E-state index in [2.05, 4.69) is 29.7 Å². The van der Waals surface area contributed by atoms with Crippen LogP contribution in [-0.4, -0.2) is 12.5 Å². The van der Waals surface area contributed by atoms with E-state index in [0.29, 0.717) is 13.0 Å². The number of hydrogen-bond donors (Lipinski definition) is 2. The van der Waals surface area contributed by atoms with Crippen LogP contribution in [0.15, 0.2) is 60.7 Å². The first-order chi connectivity index (χ1) is 11.3. The number of nitrogens with one attached hydrogen (secondary N) is 2. The molecule has 0 aliphatic rings. The Kier molecular flexibility index (Phi) is 7.18. The van der Waals surface area contributed by atoms with E-state index in [1.807, 2.05) is 48.5 Å². The number of carbonyl (C=O) groups is 1. The number of rotatable bonds is 9. The lowest BCUT2D eigenvalue weighted by atomic mass is 10.1. The molecule has 2 rings (SSSR count). The van der Waals surface area contributed by atoms with Crippen LogP contribution < -0.4 is 10.6 Å². The second-order valence-corrected chi connectivity index (χ2v) is 5.73. The van der Waals surface area contributed by atoms with Gasteiger partial charge in [0.15, 0.2) is 0 Å². The minimum absolute atomic E-state index is 0.0636. The predicted molar refractivity (Wildman–Crippen MR) is 96.4 cm³/mol. The minimum atomic E-state index is 0.0636. The lowest BCUT2D eigenvalue weighted by Gasteiger charge is -2.21.